The highest BCUT2D eigenvalue weighted by molar-refractivity contribution is 7.89. The second kappa shape index (κ2) is 7.97. The molecule has 0 amide bonds. The number of hydrogen-bond donors (Lipinski definition) is 0. The van der Waals surface area contributed by atoms with Crippen LogP contribution in [-0.4, -0.2) is 49.0 Å². The van der Waals surface area contributed by atoms with Gasteiger partial charge in [0.05, 0.1) is 4.90 Å². The van der Waals surface area contributed by atoms with Gasteiger partial charge in [0.25, 0.3) is 0 Å². The molecule has 0 radical (unpaired) electrons. The molecule has 2 aliphatic heterocycles. The molecule has 0 aliphatic carbocycles. The predicted molar refractivity (Wildman–Crippen MR) is 117 cm³/mol. The third-order valence-electron chi connectivity index (χ3n) is 6.50. The Morgan fingerprint density at radius 2 is 1.69 bits per heavy atom. The van der Waals surface area contributed by atoms with Crippen LogP contribution in [-0.2, 0) is 16.4 Å². The summed E-state index contributed by atoms with van der Waals surface area (Å²) >= 11 is 0. The Morgan fingerprint density at radius 3 is 2.34 bits per heavy atom. The van der Waals surface area contributed by atoms with Crippen LogP contribution in [0.15, 0.2) is 57.9 Å². The van der Waals surface area contributed by atoms with Crippen LogP contribution in [0.5, 0.6) is 0 Å². The van der Waals surface area contributed by atoms with Gasteiger partial charge in [-0.25, -0.2) is 12.8 Å². The van der Waals surface area contributed by atoms with E-state index >= 15 is 0 Å². The quantitative estimate of drug-likeness (QED) is 0.586. The first-order valence-corrected chi connectivity index (χ1v) is 12.2. The van der Waals surface area contributed by atoms with Crippen LogP contribution in [0.2, 0.25) is 0 Å². The molecule has 168 valence electrons. The van der Waals surface area contributed by atoms with Gasteiger partial charge >= 0.3 is 6.01 Å². The maximum absolute atomic E-state index is 13.1. The average Bonchev–Trinajstić information content (AvgIpc) is 3.22. The zero-order valence-corrected chi connectivity index (χ0v) is 18.7. The number of aromatic nitrogens is 2. The van der Waals surface area contributed by atoms with Gasteiger partial charge < -0.3 is 9.42 Å². The molecule has 2 fully saturated rings. The summed E-state index contributed by atoms with van der Waals surface area (Å²) in [6.45, 7) is 4.54. The molecule has 0 atom stereocenters. The Morgan fingerprint density at radius 1 is 1.03 bits per heavy atom. The van der Waals surface area contributed by atoms with Crippen LogP contribution < -0.4 is 4.90 Å². The maximum atomic E-state index is 13.1. The summed E-state index contributed by atoms with van der Waals surface area (Å²) in [5.74, 6) is 0.290. The number of benzene rings is 2. The van der Waals surface area contributed by atoms with E-state index in [9.17, 15) is 12.8 Å². The van der Waals surface area contributed by atoms with Gasteiger partial charge in [-0.2, -0.15) is 9.29 Å². The van der Waals surface area contributed by atoms with Crippen molar-refractivity contribution in [1.82, 2.24) is 14.4 Å². The molecule has 32 heavy (non-hydrogen) atoms. The first-order valence-electron chi connectivity index (χ1n) is 10.7. The molecule has 2 saturated heterocycles. The van der Waals surface area contributed by atoms with Crippen LogP contribution in [0.1, 0.15) is 29.8 Å². The van der Waals surface area contributed by atoms with Crippen LogP contribution in [0, 0.1) is 18.2 Å². The zero-order valence-electron chi connectivity index (χ0n) is 17.9. The van der Waals surface area contributed by atoms with E-state index in [0.29, 0.717) is 36.2 Å². The number of aryl methyl sites for hydroxylation is 1. The molecule has 3 heterocycles. The molecule has 0 N–H and O–H groups in total. The molecule has 9 heteroatoms. The molecule has 2 aliphatic rings. The minimum atomic E-state index is -3.45. The molecule has 5 rings (SSSR count). The molecule has 1 spiro atoms. The van der Waals surface area contributed by atoms with E-state index in [0.717, 1.165) is 37.1 Å². The SMILES string of the molecule is Cc1ccc(S(=O)(=O)N2CCC3(CC2)CN(c2nc(Cc4ccc(F)cc4)no2)C3)cc1. The summed E-state index contributed by atoms with van der Waals surface area (Å²) < 4.78 is 46.0. The highest BCUT2D eigenvalue weighted by atomic mass is 32.2. The second-order valence-electron chi connectivity index (χ2n) is 8.87. The Hall–Kier alpha value is -2.78. The van der Waals surface area contributed by atoms with Crippen molar-refractivity contribution in [2.24, 2.45) is 5.41 Å². The largest absolute Gasteiger partial charge is 0.324 e. The molecule has 7 nitrogen and oxygen atoms in total. The number of anilines is 1. The number of piperidine rings is 1. The number of nitrogens with zero attached hydrogens (tertiary/aromatic N) is 4. The Bertz CT molecular complexity index is 1190. The van der Waals surface area contributed by atoms with E-state index in [1.165, 1.54) is 12.1 Å². The molecule has 0 saturated carbocycles. The van der Waals surface area contributed by atoms with Crippen molar-refractivity contribution in [2.75, 3.05) is 31.1 Å². The highest BCUT2D eigenvalue weighted by Crippen LogP contribution is 2.43. The van der Waals surface area contributed by atoms with Gasteiger partial charge in [0.2, 0.25) is 10.0 Å². The minimum absolute atomic E-state index is 0.0882. The lowest BCUT2D eigenvalue weighted by Gasteiger charge is -2.52. The Kier molecular flexibility index (Phi) is 5.25. The first kappa shape index (κ1) is 21.1. The average molecular weight is 457 g/mol. The second-order valence-corrected chi connectivity index (χ2v) is 10.8. The number of halogens is 1. The Balaban J connectivity index is 1.17. The van der Waals surface area contributed by atoms with Crippen molar-refractivity contribution in [1.29, 1.82) is 0 Å². The predicted octanol–water partition coefficient (Wildman–Crippen LogP) is 3.40. The van der Waals surface area contributed by atoms with Gasteiger partial charge in [-0.15, -0.1) is 0 Å². The highest BCUT2D eigenvalue weighted by Gasteiger charge is 2.48. The molecule has 0 unspecified atom stereocenters. The van der Waals surface area contributed by atoms with Gasteiger partial charge in [-0.05, 0) is 49.6 Å². The van der Waals surface area contributed by atoms with Crippen molar-refractivity contribution in [3.8, 4) is 0 Å². The van der Waals surface area contributed by atoms with E-state index in [4.69, 9.17) is 4.52 Å². The van der Waals surface area contributed by atoms with Gasteiger partial charge in [0, 0.05) is 38.0 Å². The van der Waals surface area contributed by atoms with Crippen molar-refractivity contribution in [3.63, 3.8) is 0 Å². The molecule has 3 aromatic rings. The molecular formula is C23H25FN4O3S. The molecule has 0 bridgehead atoms. The normalized spacial score (nSPS) is 18.6. The molecular weight excluding hydrogens is 431 g/mol. The maximum Gasteiger partial charge on any atom is 0.324 e. The molecule has 1 aromatic heterocycles. The fraction of sp³-hybridized carbons (Fsp3) is 0.391. The summed E-state index contributed by atoms with van der Waals surface area (Å²) in [4.78, 5) is 6.88. The monoisotopic (exact) mass is 456 g/mol. The van der Waals surface area contributed by atoms with Crippen LogP contribution in [0.4, 0.5) is 10.4 Å². The lowest BCUT2D eigenvalue weighted by atomic mass is 9.72. The number of sulfonamides is 1. The van der Waals surface area contributed by atoms with Crippen molar-refractivity contribution >= 4 is 16.0 Å². The first-order chi connectivity index (χ1) is 15.3. The summed E-state index contributed by atoms with van der Waals surface area (Å²) in [5.41, 5.74) is 2.05. The number of hydrogen-bond acceptors (Lipinski definition) is 6. The van der Waals surface area contributed by atoms with Crippen molar-refractivity contribution in [2.45, 2.75) is 31.1 Å². The fourth-order valence-electron chi connectivity index (χ4n) is 4.50. The van der Waals surface area contributed by atoms with E-state index in [1.807, 2.05) is 24.0 Å². The third kappa shape index (κ3) is 4.02. The van der Waals surface area contributed by atoms with Gasteiger partial charge in [0.1, 0.15) is 5.82 Å². The summed E-state index contributed by atoms with van der Waals surface area (Å²) in [5, 5.41) is 4.05. The van der Waals surface area contributed by atoms with Gasteiger partial charge in [0.15, 0.2) is 5.82 Å². The van der Waals surface area contributed by atoms with Crippen LogP contribution in [0.3, 0.4) is 0 Å². The summed E-state index contributed by atoms with van der Waals surface area (Å²) in [6, 6.07) is 13.8. The van der Waals surface area contributed by atoms with Crippen LogP contribution >= 0.6 is 0 Å². The van der Waals surface area contributed by atoms with E-state index in [-0.39, 0.29) is 11.2 Å². The smallest absolute Gasteiger partial charge is 0.323 e. The Labute approximate surface area is 186 Å². The van der Waals surface area contributed by atoms with E-state index < -0.39 is 10.0 Å². The minimum Gasteiger partial charge on any atom is -0.323 e. The lowest BCUT2D eigenvalue weighted by molar-refractivity contribution is 0.108. The van der Waals surface area contributed by atoms with Gasteiger partial charge in [-0.3, -0.25) is 0 Å². The van der Waals surface area contributed by atoms with Crippen molar-refractivity contribution in [3.05, 3.63) is 71.3 Å². The van der Waals surface area contributed by atoms with E-state index in [1.54, 1.807) is 28.6 Å². The summed E-state index contributed by atoms with van der Waals surface area (Å²) in [7, 11) is -3.45. The van der Waals surface area contributed by atoms with Crippen LogP contribution in [0.25, 0.3) is 0 Å². The fourth-order valence-corrected chi connectivity index (χ4v) is 5.95. The van der Waals surface area contributed by atoms with E-state index in [2.05, 4.69) is 10.1 Å². The standard InChI is InChI=1S/C23H25FN4O3S/c1-17-2-8-20(9-3-17)32(29,30)28-12-10-23(11-13-28)15-27(16-23)22-25-21(26-31-22)14-18-4-6-19(24)7-5-18/h2-9H,10-16H2,1H3. The topological polar surface area (TPSA) is 79.5 Å². The molecule has 2 aromatic carbocycles. The van der Waals surface area contributed by atoms with Gasteiger partial charge in [-0.1, -0.05) is 35.0 Å². The lowest BCUT2D eigenvalue weighted by Crippen LogP contribution is -2.61. The number of rotatable bonds is 5. The zero-order chi connectivity index (χ0) is 22.3. The van der Waals surface area contributed by atoms with Crippen molar-refractivity contribution < 1.29 is 17.3 Å². The summed E-state index contributed by atoms with van der Waals surface area (Å²) in [6.07, 6.45) is 2.10. The third-order valence-corrected chi connectivity index (χ3v) is 8.41.